The summed E-state index contributed by atoms with van der Waals surface area (Å²) in [5.74, 6) is 1.95. The fourth-order valence-electron chi connectivity index (χ4n) is 4.42. The number of carbonyl (C=O) groups excluding carboxylic acids is 1. The summed E-state index contributed by atoms with van der Waals surface area (Å²) in [6.07, 6.45) is 6.30. The van der Waals surface area contributed by atoms with Gasteiger partial charge in [0.15, 0.2) is 11.8 Å². The summed E-state index contributed by atoms with van der Waals surface area (Å²) >= 11 is 0. The Labute approximate surface area is 189 Å². The van der Waals surface area contributed by atoms with Crippen molar-refractivity contribution in [2.45, 2.75) is 32.2 Å². The van der Waals surface area contributed by atoms with Gasteiger partial charge in [0.25, 0.3) is 0 Å². The van der Waals surface area contributed by atoms with Crippen LogP contribution in [0.2, 0.25) is 0 Å². The highest BCUT2D eigenvalue weighted by atomic mass is 16.2. The first-order valence-electron chi connectivity index (χ1n) is 11.6. The second-order valence-electron chi connectivity index (χ2n) is 8.49. The van der Waals surface area contributed by atoms with E-state index in [4.69, 9.17) is 0 Å². The molecule has 3 heterocycles. The van der Waals surface area contributed by atoms with E-state index in [-0.39, 0.29) is 5.91 Å². The van der Waals surface area contributed by atoms with Crippen molar-refractivity contribution < 1.29 is 4.79 Å². The van der Waals surface area contributed by atoms with Gasteiger partial charge in [-0.3, -0.25) is 19.8 Å². The van der Waals surface area contributed by atoms with Crippen LogP contribution in [0.15, 0.2) is 35.6 Å². The molecule has 0 spiro atoms. The largest absolute Gasteiger partial charge is 0.352 e. The second-order valence-corrected chi connectivity index (χ2v) is 8.49. The smallest absolute Gasteiger partial charge is 0.236 e. The van der Waals surface area contributed by atoms with Crippen LogP contribution in [-0.4, -0.2) is 94.6 Å². The number of aliphatic imine (C=N–C) groups is 1. The van der Waals surface area contributed by atoms with Crippen LogP contribution in [0.3, 0.4) is 0 Å². The predicted octanol–water partition coefficient (Wildman–Crippen LogP) is 1.57. The van der Waals surface area contributed by atoms with E-state index in [0.717, 1.165) is 75.0 Å². The molecule has 1 amide bonds. The quantitative estimate of drug-likeness (QED) is 0.544. The number of hydrogen-bond donors (Lipinski definition) is 2. The molecule has 0 atom stereocenters. The molecule has 0 radical (unpaired) electrons. The topological polar surface area (TPSA) is 92.7 Å². The highest BCUT2D eigenvalue weighted by molar-refractivity contribution is 5.80. The Morgan fingerprint density at radius 3 is 2.53 bits per heavy atom. The summed E-state index contributed by atoms with van der Waals surface area (Å²) < 4.78 is 0. The third-order valence-electron chi connectivity index (χ3n) is 6.27. The lowest BCUT2D eigenvalue weighted by Crippen LogP contribution is -2.54. The molecule has 0 saturated carbocycles. The van der Waals surface area contributed by atoms with Gasteiger partial charge in [0.2, 0.25) is 5.91 Å². The predicted molar refractivity (Wildman–Crippen MR) is 125 cm³/mol. The molecule has 2 aromatic rings. The third-order valence-corrected chi connectivity index (χ3v) is 6.27. The summed E-state index contributed by atoms with van der Waals surface area (Å²) in [6.45, 7) is 6.55. The molecule has 0 aliphatic carbocycles. The van der Waals surface area contributed by atoms with Gasteiger partial charge in [0.05, 0.1) is 6.54 Å². The molecule has 4 rings (SSSR count). The molecule has 0 bridgehead atoms. The first kappa shape index (κ1) is 22.3. The minimum absolute atomic E-state index is 0.287. The number of benzene rings is 1. The lowest BCUT2D eigenvalue weighted by molar-refractivity contribution is -0.132. The Bertz CT molecular complexity index is 881. The van der Waals surface area contributed by atoms with E-state index < -0.39 is 0 Å². The molecule has 2 saturated heterocycles. The highest BCUT2D eigenvalue weighted by Crippen LogP contribution is 2.15. The maximum atomic E-state index is 12.7. The van der Waals surface area contributed by atoms with Gasteiger partial charge >= 0.3 is 0 Å². The van der Waals surface area contributed by atoms with E-state index >= 15 is 0 Å². The molecule has 2 N–H and O–H groups in total. The first-order chi connectivity index (χ1) is 15.7. The van der Waals surface area contributed by atoms with Gasteiger partial charge in [0.1, 0.15) is 6.33 Å². The van der Waals surface area contributed by atoms with Crippen molar-refractivity contribution in [1.29, 1.82) is 0 Å². The maximum absolute atomic E-state index is 12.7. The molecule has 2 aliphatic heterocycles. The van der Waals surface area contributed by atoms with E-state index in [0.29, 0.717) is 13.1 Å². The molecule has 2 aliphatic rings. The van der Waals surface area contributed by atoms with Crippen molar-refractivity contribution in [2.24, 2.45) is 4.99 Å². The normalized spacial score (nSPS) is 18.5. The number of nitrogens with one attached hydrogen (secondary N) is 2. The van der Waals surface area contributed by atoms with Crippen LogP contribution in [0.5, 0.6) is 0 Å². The number of H-pyrrole nitrogens is 1. The zero-order valence-electron chi connectivity index (χ0n) is 19.0. The number of hydrogen-bond acceptors (Lipinski definition) is 5. The van der Waals surface area contributed by atoms with Crippen LogP contribution in [0, 0.1) is 0 Å². The van der Waals surface area contributed by atoms with Crippen LogP contribution in [0.4, 0.5) is 0 Å². The molecular formula is C23H34N8O. The Hall–Kier alpha value is -2.94. The van der Waals surface area contributed by atoms with E-state index in [2.05, 4.69) is 52.3 Å². The van der Waals surface area contributed by atoms with Crippen LogP contribution in [-0.2, 0) is 11.3 Å². The molecule has 1 aromatic heterocycles. The summed E-state index contributed by atoms with van der Waals surface area (Å²) in [5, 5.41) is 10.3. The number of nitrogens with zero attached hydrogens (tertiary/aromatic N) is 6. The average Bonchev–Trinajstić information content (AvgIpc) is 3.23. The molecule has 2 fully saturated rings. The van der Waals surface area contributed by atoms with Crippen molar-refractivity contribution in [3.05, 3.63) is 36.2 Å². The molecule has 32 heavy (non-hydrogen) atoms. The summed E-state index contributed by atoms with van der Waals surface area (Å²) in [4.78, 5) is 28.0. The van der Waals surface area contributed by atoms with Gasteiger partial charge < -0.3 is 15.1 Å². The molecular weight excluding hydrogens is 404 g/mol. The van der Waals surface area contributed by atoms with Crippen molar-refractivity contribution in [1.82, 2.24) is 35.2 Å². The van der Waals surface area contributed by atoms with Crippen molar-refractivity contribution in [2.75, 3.05) is 52.9 Å². The second kappa shape index (κ2) is 11.1. The van der Waals surface area contributed by atoms with Crippen LogP contribution < -0.4 is 5.32 Å². The number of aromatic nitrogens is 3. The number of aromatic amines is 1. The average molecular weight is 439 g/mol. The number of rotatable bonds is 5. The van der Waals surface area contributed by atoms with Gasteiger partial charge in [-0.25, -0.2) is 4.98 Å². The molecule has 0 unspecified atom stereocenters. The van der Waals surface area contributed by atoms with Gasteiger partial charge in [-0.2, -0.15) is 5.10 Å². The fraction of sp³-hybridized carbons (Fsp3) is 0.565. The van der Waals surface area contributed by atoms with Crippen LogP contribution in [0.1, 0.15) is 31.2 Å². The standard InChI is InChI=1S/C23H34N8O/c1-24-23(25-16-19-7-6-8-20(15-19)22-26-18-27-28-22)31-13-11-29(12-14-31)17-21(32)30-9-4-2-3-5-10-30/h6-8,15,18H,2-5,9-14,16-17H2,1H3,(H,24,25)(H,26,27,28). The van der Waals surface area contributed by atoms with Crippen LogP contribution in [0.25, 0.3) is 11.4 Å². The Morgan fingerprint density at radius 2 is 1.84 bits per heavy atom. The number of amides is 1. The minimum Gasteiger partial charge on any atom is -0.352 e. The fourth-order valence-corrected chi connectivity index (χ4v) is 4.42. The zero-order valence-corrected chi connectivity index (χ0v) is 19.0. The monoisotopic (exact) mass is 438 g/mol. The SMILES string of the molecule is CN=C(NCc1cccc(-c2ncn[nH]2)c1)N1CCN(CC(=O)N2CCCCCC2)CC1. The summed E-state index contributed by atoms with van der Waals surface area (Å²) in [6, 6.07) is 8.24. The minimum atomic E-state index is 0.287. The lowest BCUT2D eigenvalue weighted by atomic mass is 10.1. The number of carbonyl (C=O) groups is 1. The third kappa shape index (κ3) is 5.85. The molecule has 9 heteroatoms. The summed E-state index contributed by atoms with van der Waals surface area (Å²) in [5.41, 5.74) is 2.17. The van der Waals surface area contributed by atoms with E-state index in [1.165, 1.54) is 19.2 Å². The number of piperazine rings is 1. The summed E-state index contributed by atoms with van der Waals surface area (Å²) in [7, 11) is 1.82. The highest BCUT2D eigenvalue weighted by Gasteiger charge is 2.23. The van der Waals surface area contributed by atoms with Crippen LogP contribution >= 0.6 is 0 Å². The van der Waals surface area contributed by atoms with Gasteiger partial charge in [-0.1, -0.05) is 31.0 Å². The zero-order chi connectivity index (χ0) is 22.2. The van der Waals surface area contributed by atoms with E-state index in [1.54, 1.807) is 0 Å². The Morgan fingerprint density at radius 1 is 1.06 bits per heavy atom. The number of guanidine groups is 1. The van der Waals surface area contributed by atoms with E-state index in [9.17, 15) is 4.79 Å². The maximum Gasteiger partial charge on any atom is 0.236 e. The van der Waals surface area contributed by atoms with Crippen molar-refractivity contribution in [3.63, 3.8) is 0 Å². The molecule has 9 nitrogen and oxygen atoms in total. The van der Waals surface area contributed by atoms with Crippen molar-refractivity contribution >= 4 is 11.9 Å². The van der Waals surface area contributed by atoms with Gasteiger partial charge in [0, 0.05) is 58.4 Å². The molecule has 172 valence electrons. The first-order valence-corrected chi connectivity index (χ1v) is 11.6. The van der Waals surface area contributed by atoms with Gasteiger partial charge in [-0.15, -0.1) is 0 Å². The van der Waals surface area contributed by atoms with Crippen molar-refractivity contribution in [3.8, 4) is 11.4 Å². The number of likely N-dealkylation sites (tertiary alicyclic amines) is 1. The Kier molecular flexibility index (Phi) is 7.71. The van der Waals surface area contributed by atoms with E-state index in [1.807, 2.05) is 19.2 Å². The Balaban J connectivity index is 1.24. The molecule has 1 aromatic carbocycles. The van der Waals surface area contributed by atoms with Gasteiger partial charge in [-0.05, 0) is 24.5 Å². The lowest BCUT2D eigenvalue weighted by Gasteiger charge is -2.37.